The molecule has 2 aromatic carbocycles. The molecule has 3 aromatic heterocycles. The van der Waals surface area contributed by atoms with Gasteiger partial charge in [0.2, 0.25) is 11.8 Å². The summed E-state index contributed by atoms with van der Waals surface area (Å²) in [5.74, 6) is -1.58. The number of halogens is 1. The van der Waals surface area contributed by atoms with E-state index in [1.54, 1.807) is 41.3 Å². The van der Waals surface area contributed by atoms with Crippen LogP contribution in [-0.2, 0) is 30.2 Å². The molecule has 1 aliphatic carbocycles. The number of nitrogens with zero attached hydrogens (tertiary/aromatic N) is 6. The molecular weight excluding hydrogens is 680 g/mol. The summed E-state index contributed by atoms with van der Waals surface area (Å²) in [5, 5.41) is 16.6. The Hall–Kier alpha value is -5.14. The van der Waals surface area contributed by atoms with Crippen LogP contribution in [0.15, 0.2) is 69.8 Å². The predicted octanol–water partition coefficient (Wildman–Crippen LogP) is 5.05. The number of imide groups is 1. The number of hydrogen-bond donors (Lipinski definition) is 1. The van der Waals surface area contributed by atoms with E-state index in [9.17, 15) is 24.3 Å². The fourth-order valence-electron chi connectivity index (χ4n) is 8.03. The van der Waals surface area contributed by atoms with Crippen LogP contribution < -0.4 is 21.0 Å². The first kappa shape index (κ1) is 32.1. The topological polar surface area (TPSA) is 134 Å². The minimum Gasteiger partial charge on any atom is -0.504 e. The number of benzene rings is 2. The maximum atomic E-state index is 14.8. The molecule has 0 bridgehead atoms. The number of methoxy groups -OCH3 is 1. The molecular formula is C36H33ClN6O6S. The van der Waals surface area contributed by atoms with E-state index in [1.165, 1.54) is 34.5 Å². The van der Waals surface area contributed by atoms with Gasteiger partial charge in [0.1, 0.15) is 11.5 Å². The number of phenols is 1. The highest BCUT2D eigenvalue weighted by Gasteiger charge is 2.65. The molecule has 0 spiro atoms. The van der Waals surface area contributed by atoms with Crippen LogP contribution >= 0.6 is 22.9 Å². The molecule has 5 heterocycles. The zero-order chi connectivity index (χ0) is 35.4. The lowest BCUT2D eigenvalue weighted by Gasteiger charge is -2.45. The van der Waals surface area contributed by atoms with Crippen LogP contribution in [0.1, 0.15) is 30.5 Å². The number of ether oxygens (including phenoxy) is 1. The number of amides is 2. The first-order valence-corrected chi connectivity index (χ1v) is 17.3. The van der Waals surface area contributed by atoms with Gasteiger partial charge < -0.3 is 9.84 Å². The number of anilines is 1. The third-order valence-corrected chi connectivity index (χ3v) is 12.2. The zero-order valence-electron chi connectivity index (χ0n) is 27.9. The summed E-state index contributed by atoms with van der Waals surface area (Å²) in [5.41, 5.74) is 0.967. The van der Waals surface area contributed by atoms with Crippen molar-refractivity contribution < 1.29 is 19.4 Å². The maximum Gasteiger partial charge on any atom is 0.347 e. The average molecular weight is 713 g/mol. The highest BCUT2D eigenvalue weighted by atomic mass is 35.5. The standard InChI is InChI=1S/C36H33ClN6O6S/c1-18-22-15-20(37)8-11-29(22)50-31(18)25-17-30(40(4)38-25)42-32(45)24-16-26-21(12-13-41-34(47)39(3)35(48)43(26)41)23(36(24,2)33(42)46)9-6-19-7-10-27(44)28(14-19)49-5/h6-12,14-15,17,23-24,26,44H,13,16H2,1-5H3. The Morgan fingerprint density at radius 3 is 2.62 bits per heavy atom. The molecule has 2 amide bonds. The Kier molecular flexibility index (Phi) is 7.18. The summed E-state index contributed by atoms with van der Waals surface area (Å²) >= 11 is 7.85. The Morgan fingerprint density at radius 2 is 1.86 bits per heavy atom. The molecule has 1 saturated carbocycles. The summed E-state index contributed by atoms with van der Waals surface area (Å²) in [7, 11) is 4.61. The van der Waals surface area contributed by atoms with Crippen molar-refractivity contribution in [1.82, 2.24) is 23.7 Å². The summed E-state index contributed by atoms with van der Waals surface area (Å²) < 4.78 is 11.8. The fourth-order valence-corrected chi connectivity index (χ4v) is 9.34. The number of aryl methyl sites for hydroxylation is 2. The summed E-state index contributed by atoms with van der Waals surface area (Å²) in [6.45, 7) is 3.96. The van der Waals surface area contributed by atoms with Crippen LogP contribution in [-0.4, -0.2) is 47.7 Å². The number of aromatic nitrogens is 5. The third-order valence-electron chi connectivity index (χ3n) is 10.7. The van der Waals surface area contributed by atoms with Crippen molar-refractivity contribution >= 4 is 56.7 Å². The number of aromatic hydroxyl groups is 1. The van der Waals surface area contributed by atoms with Gasteiger partial charge in [-0.1, -0.05) is 35.9 Å². The lowest BCUT2D eigenvalue weighted by atomic mass is 9.58. The highest BCUT2D eigenvalue weighted by molar-refractivity contribution is 7.22. The molecule has 2 fully saturated rings. The highest BCUT2D eigenvalue weighted by Crippen LogP contribution is 2.58. The van der Waals surface area contributed by atoms with Crippen LogP contribution in [0.4, 0.5) is 5.82 Å². The average Bonchev–Trinajstić information content (AvgIpc) is 3.76. The second kappa shape index (κ2) is 11.2. The molecule has 50 heavy (non-hydrogen) atoms. The van der Waals surface area contributed by atoms with Crippen LogP contribution in [0.3, 0.4) is 0 Å². The lowest BCUT2D eigenvalue weighted by Crippen LogP contribution is -2.49. The largest absolute Gasteiger partial charge is 0.504 e. The number of phenolic OH excluding ortho intramolecular Hbond substituents is 1. The van der Waals surface area contributed by atoms with Crippen LogP contribution in [0.2, 0.25) is 5.02 Å². The minimum atomic E-state index is -1.23. The molecule has 2 aliphatic heterocycles. The first-order valence-electron chi connectivity index (χ1n) is 16.1. The van der Waals surface area contributed by atoms with Gasteiger partial charge >= 0.3 is 11.4 Å². The van der Waals surface area contributed by atoms with Crippen molar-refractivity contribution in [1.29, 1.82) is 0 Å². The Morgan fingerprint density at radius 1 is 1.08 bits per heavy atom. The van der Waals surface area contributed by atoms with Crippen LogP contribution in [0, 0.1) is 24.2 Å². The maximum absolute atomic E-state index is 14.8. The molecule has 8 rings (SSSR count). The van der Waals surface area contributed by atoms with E-state index in [1.807, 2.05) is 50.3 Å². The van der Waals surface area contributed by atoms with Gasteiger partial charge in [-0.2, -0.15) is 5.10 Å². The number of carbonyl (C=O) groups is 2. The van der Waals surface area contributed by atoms with Crippen LogP contribution in [0.25, 0.3) is 26.7 Å². The smallest absolute Gasteiger partial charge is 0.347 e. The number of hydrogen-bond acceptors (Lipinski definition) is 8. The van der Waals surface area contributed by atoms with Crippen molar-refractivity contribution in [2.45, 2.75) is 32.9 Å². The van der Waals surface area contributed by atoms with Gasteiger partial charge in [-0.05, 0) is 72.7 Å². The minimum absolute atomic E-state index is 0.0109. The predicted molar refractivity (Wildman–Crippen MR) is 191 cm³/mol. The quantitative estimate of drug-likeness (QED) is 0.199. The van der Waals surface area contributed by atoms with Crippen molar-refractivity contribution in [3.05, 3.63) is 97.3 Å². The molecule has 4 atom stereocenters. The number of rotatable bonds is 5. The summed E-state index contributed by atoms with van der Waals surface area (Å²) in [6.07, 6.45) is 5.77. The van der Waals surface area contributed by atoms with Crippen molar-refractivity contribution in [2.75, 3.05) is 12.0 Å². The number of thiophene rings is 1. The molecule has 12 nitrogen and oxygen atoms in total. The number of fused-ring (bicyclic) bond motifs is 5. The van der Waals surface area contributed by atoms with Gasteiger partial charge in [-0.15, -0.1) is 11.3 Å². The summed E-state index contributed by atoms with van der Waals surface area (Å²) in [6, 6.07) is 11.8. The molecule has 3 aliphatic rings. The first-order chi connectivity index (χ1) is 23.8. The van der Waals surface area contributed by atoms with E-state index in [0.717, 1.165) is 30.7 Å². The number of carbonyl (C=O) groups excluding carboxylic acids is 2. The van der Waals surface area contributed by atoms with Gasteiger partial charge in [0, 0.05) is 35.8 Å². The van der Waals surface area contributed by atoms with E-state index >= 15 is 0 Å². The van der Waals surface area contributed by atoms with Gasteiger partial charge in [-0.25, -0.2) is 28.4 Å². The molecule has 1 saturated heterocycles. The van der Waals surface area contributed by atoms with Gasteiger partial charge in [0.05, 0.1) is 35.9 Å². The van der Waals surface area contributed by atoms with E-state index in [4.69, 9.17) is 21.4 Å². The lowest BCUT2D eigenvalue weighted by molar-refractivity contribution is -0.129. The SMILES string of the molecule is COc1cc(C=CC2C3=CCn4c(=O)n(C)c(=O)n4C3CC3C(=O)N(c4cc(-c5sc6ccc(Cl)cc6c5C)nn4C)C(=O)C23C)ccc1O. The van der Waals surface area contributed by atoms with E-state index < -0.39 is 34.7 Å². The monoisotopic (exact) mass is 712 g/mol. The van der Waals surface area contributed by atoms with Gasteiger partial charge in [-0.3, -0.25) is 14.3 Å². The van der Waals surface area contributed by atoms with Gasteiger partial charge in [0.25, 0.3) is 0 Å². The Balaban J connectivity index is 1.25. The molecule has 1 N–H and O–H groups in total. The Labute approximate surface area is 294 Å². The fraction of sp³-hybridized carbons (Fsp3) is 0.306. The third kappa shape index (κ3) is 4.39. The van der Waals surface area contributed by atoms with Crippen molar-refractivity contribution in [3.63, 3.8) is 0 Å². The second-order valence-corrected chi connectivity index (χ2v) is 14.8. The molecule has 14 heteroatoms. The second-order valence-electron chi connectivity index (χ2n) is 13.3. The zero-order valence-corrected chi connectivity index (χ0v) is 29.5. The van der Waals surface area contributed by atoms with E-state index in [0.29, 0.717) is 22.1 Å². The van der Waals surface area contributed by atoms with Crippen LogP contribution in [0.5, 0.6) is 11.5 Å². The van der Waals surface area contributed by atoms with Crippen molar-refractivity contribution in [2.24, 2.45) is 31.3 Å². The van der Waals surface area contributed by atoms with E-state index in [2.05, 4.69) is 0 Å². The van der Waals surface area contributed by atoms with E-state index in [-0.39, 0.29) is 36.3 Å². The normalized spacial score (nSPS) is 23.0. The number of allylic oxidation sites excluding steroid dienone is 3. The Bertz CT molecular complexity index is 2480. The van der Waals surface area contributed by atoms with Crippen molar-refractivity contribution in [3.8, 4) is 22.1 Å². The molecule has 0 radical (unpaired) electrons. The molecule has 256 valence electrons. The molecule has 4 unspecified atom stereocenters. The molecule has 5 aromatic rings. The van der Waals surface area contributed by atoms with Gasteiger partial charge in [0.15, 0.2) is 11.5 Å². The summed E-state index contributed by atoms with van der Waals surface area (Å²) in [4.78, 5) is 58.0.